The molecule has 0 saturated carbocycles. The second-order valence-corrected chi connectivity index (χ2v) is 4.94. The molecule has 2 aliphatic heterocycles. The Bertz CT molecular complexity index is 430. The molecule has 1 fully saturated rings. The zero-order chi connectivity index (χ0) is 11.7. The van der Waals surface area contributed by atoms with Crippen LogP contribution < -0.4 is 5.32 Å². The maximum atomic E-state index is 11.5. The molecule has 1 N–H and O–H groups in total. The van der Waals surface area contributed by atoms with Crippen LogP contribution in [0.25, 0.3) is 0 Å². The van der Waals surface area contributed by atoms with Gasteiger partial charge >= 0.3 is 0 Å². The lowest BCUT2D eigenvalue weighted by atomic mass is 9.98. The van der Waals surface area contributed by atoms with Crippen LogP contribution >= 0.6 is 0 Å². The molecule has 90 valence electrons. The first-order chi connectivity index (χ1) is 8.34. The first-order valence-electron chi connectivity index (χ1n) is 6.45. The molecular weight excluding hydrogens is 212 g/mol. The minimum absolute atomic E-state index is 0.337. The maximum Gasteiger partial charge on any atom is 0.222 e. The Hall–Kier alpha value is -1.51. The minimum Gasteiger partial charge on any atom is -0.384 e. The van der Waals surface area contributed by atoms with Gasteiger partial charge in [-0.25, -0.2) is 0 Å². The predicted octanol–water partition coefficient (Wildman–Crippen LogP) is 2.21. The molecule has 0 radical (unpaired) electrons. The Morgan fingerprint density at radius 1 is 1.35 bits per heavy atom. The molecule has 1 amide bonds. The van der Waals surface area contributed by atoms with Gasteiger partial charge in [-0.15, -0.1) is 0 Å². The number of para-hydroxylation sites is 1. The number of fused-ring (bicyclic) bond motifs is 1. The van der Waals surface area contributed by atoms with E-state index in [2.05, 4.69) is 29.6 Å². The van der Waals surface area contributed by atoms with Crippen LogP contribution in [0.15, 0.2) is 24.3 Å². The van der Waals surface area contributed by atoms with E-state index < -0.39 is 0 Å². The lowest BCUT2D eigenvalue weighted by molar-refractivity contribution is -0.127. The number of nitrogens with one attached hydrogen (secondary N) is 1. The third-order valence-electron chi connectivity index (χ3n) is 3.86. The zero-order valence-electron chi connectivity index (χ0n) is 9.98. The Kier molecular flexibility index (Phi) is 2.75. The van der Waals surface area contributed by atoms with E-state index in [9.17, 15) is 4.79 Å². The van der Waals surface area contributed by atoms with Crippen molar-refractivity contribution >= 4 is 11.6 Å². The fourth-order valence-electron chi connectivity index (χ4n) is 2.87. The molecule has 0 aromatic heterocycles. The fourth-order valence-corrected chi connectivity index (χ4v) is 2.87. The first-order valence-corrected chi connectivity index (χ1v) is 6.45. The molecule has 1 aromatic carbocycles. The number of anilines is 1. The van der Waals surface area contributed by atoms with Gasteiger partial charge < -0.3 is 10.2 Å². The van der Waals surface area contributed by atoms with Crippen LogP contribution in [-0.4, -0.2) is 30.4 Å². The maximum absolute atomic E-state index is 11.5. The van der Waals surface area contributed by atoms with Gasteiger partial charge in [0, 0.05) is 37.7 Å². The fraction of sp³-hybridized carbons (Fsp3) is 0.500. The normalized spacial score (nSPS) is 22.7. The Morgan fingerprint density at radius 3 is 3.06 bits per heavy atom. The van der Waals surface area contributed by atoms with Crippen molar-refractivity contribution in [3.05, 3.63) is 29.8 Å². The van der Waals surface area contributed by atoms with Crippen LogP contribution in [0.4, 0.5) is 5.69 Å². The molecule has 0 spiro atoms. The number of benzene rings is 1. The van der Waals surface area contributed by atoms with Crippen molar-refractivity contribution in [2.45, 2.75) is 25.2 Å². The quantitative estimate of drug-likeness (QED) is 0.863. The Morgan fingerprint density at radius 2 is 2.24 bits per heavy atom. The zero-order valence-corrected chi connectivity index (χ0v) is 9.98. The van der Waals surface area contributed by atoms with Crippen LogP contribution in [-0.2, 0) is 4.79 Å². The highest BCUT2D eigenvalue weighted by Crippen LogP contribution is 2.33. The summed E-state index contributed by atoms with van der Waals surface area (Å²) in [6.45, 7) is 2.89. The number of nitrogens with zero attached hydrogens (tertiary/aromatic N) is 1. The van der Waals surface area contributed by atoms with Gasteiger partial charge in [0.2, 0.25) is 5.91 Å². The summed E-state index contributed by atoms with van der Waals surface area (Å²) in [7, 11) is 0. The number of likely N-dealkylation sites (tertiary alicyclic amines) is 1. The average Bonchev–Trinajstić information content (AvgIpc) is 2.93. The van der Waals surface area contributed by atoms with E-state index in [1.54, 1.807) is 0 Å². The number of hydrogen-bond donors (Lipinski definition) is 1. The Labute approximate surface area is 102 Å². The van der Waals surface area contributed by atoms with E-state index in [4.69, 9.17) is 0 Å². The van der Waals surface area contributed by atoms with Gasteiger partial charge in [0.1, 0.15) is 0 Å². The lowest BCUT2D eigenvalue weighted by Crippen LogP contribution is -2.27. The summed E-state index contributed by atoms with van der Waals surface area (Å²) in [4.78, 5) is 13.5. The highest BCUT2D eigenvalue weighted by atomic mass is 16.2. The molecule has 1 unspecified atom stereocenters. The highest BCUT2D eigenvalue weighted by molar-refractivity contribution is 5.78. The first kappa shape index (κ1) is 10.6. The molecule has 3 heteroatoms. The van der Waals surface area contributed by atoms with E-state index in [0.29, 0.717) is 11.8 Å². The third kappa shape index (κ3) is 2.02. The summed E-state index contributed by atoms with van der Waals surface area (Å²) in [5.41, 5.74) is 2.68. The van der Waals surface area contributed by atoms with Gasteiger partial charge in [0.25, 0.3) is 0 Å². The third-order valence-corrected chi connectivity index (χ3v) is 3.86. The Balaban J connectivity index is 1.62. The molecule has 3 nitrogen and oxygen atoms in total. The summed E-state index contributed by atoms with van der Waals surface area (Å²) < 4.78 is 0. The summed E-state index contributed by atoms with van der Waals surface area (Å²) in [5.74, 6) is 0.906. The smallest absolute Gasteiger partial charge is 0.222 e. The van der Waals surface area contributed by atoms with Gasteiger partial charge in [-0.1, -0.05) is 18.2 Å². The van der Waals surface area contributed by atoms with Crippen molar-refractivity contribution in [1.82, 2.24) is 4.90 Å². The van der Waals surface area contributed by atoms with Gasteiger partial charge in [-0.2, -0.15) is 0 Å². The SMILES string of the molecule is O=C1CCCN1CCC1CNc2ccccc21. The summed E-state index contributed by atoms with van der Waals surface area (Å²) >= 11 is 0. The van der Waals surface area contributed by atoms with Crippen molar-refractivity contribution in [2.24, 2.45) is 0 Å². The number of rotatable bonds is 3. The number of hydrogen-bond acceptors (Lipinski definition) is 2. The van der Waals surface area contributed by atoms with Crippen molar-refractivity contribution in [1.29, 1.82) is 0 Å². The van der Waals surface area contributed by atoms with Crippen LogP contribution in [0.5, 0.6) is 0 Å². The van der Waals surface area contributed by atoms with Crippen LogP contribution in [0.2, 0.25) is 0 Å². The molecule has 1 saturated heterocycles. The average molecular weight is 230 g/mol. The van der Waals surface area contributed by atoms with E-state index in [0.717, 1.165) is 38.9 Å². The van der Waals surface area contributed by atoms with Gasteiger partial charge in [-0.05, 0) is 24.5 Å². The predicted molar refractivity (Wildman–Crippen MR) is 68.1 cm³/mol. The molecule has 0 bridgehead atoms. The summed E-state index contributed by atoms with van der Waals surface area (Å²) in [6, 6.07) is 8.50. The molecular formula is C14H18N2O. The van der Waals surface area contributed by atoms with Crippen LogP contribution in [0.3, 0.4) is 0 Å². The second-order valence-electron chi connectivity index (χ2n) is 4.94. The monoisotopic (exact) mass is 230 g/mol. The number of carbonyl (C=O) groups excluding carboxylic acids is 1. The van der Waals surface area contributed by atoms with Gasteiger partial charge in [0.05, 0.1) is 0 Å². The van der Waals surface area contributed by atoms with Crippen LogP contribution in [0.1, 0.15) is 30.7 Å². The number of carbonyl (C=O) groups is 1. The standard InChI is InChI=1S/C14H18N2O/c17-14-6-3-8-16(14)9-7-11-10-15-13-5-2-1-4-12(11)13/h1-2,4-5,11,15H,3,6-10H2. The topological polar surface area (TPSA) is 32.3 Å². The van der Waals surface area contributed by atoms with E-state index >= 15 is 0 Å². The second kappa shape index (κ2) is 4.40. The number of amides is 1. The van der Waals surface area contributed by atoms with Crippen molar-refractivity contribution < 1.29 is 4.79 Å². The lowest BCUT2D eigenvalue weighted by Gasteiger charge is -2.18. The molecule has 2 aliphatic rings. The summed E-state index contributed by atoms with van der Waals surface area (Å²) in [6.07, 6.45) is 2.87. The van der Waals surface area contributed by atoms with Crippen molar-refractivity contribution in [3.63, 3.8) is 0 Å². The van der Waals surface area contributed by atoms with Gasteiger partial charge in [0.15, 0.2) is 0 Å². The molecule has 0 aliphatic carbocycles. The largest absolute Gasteiger partial charge is 0.384 e. The highest BCUT2D eigenvalue weighted by Gasteiger charge is 2.25. The van der Waals surface area contributed by atoms with E-state index in [1.807, 2.05) is 4.90 Å². The molecule has 17 heavy (non-hydrogen) atoms. The molecule has 1 aromatic rings. The molecule has 3 rings (SSSR count). The molecule has 2 heterocycles. The van der Waals surface area contributed by atoms with Crippen LogP contribution in [0, 0.1) is 0 Å². The van der Waals surface area contributed by atoms with Gasteiger partial charge in [-0.3, -0.25) is 4.79 Å². The van der Waals surface area contributed by atoms with Crippen molar-refractivity contribution in [2.75, 3.05) is 25.0 Å². The van der Waals surface area contributed by atoms with Crippen molar-refractivity contribution in [3.8, 4) is 0 Å². The van der Waals surface area contributed by atoms with E-state index in [1.165, 1.54) is 11.3 Å². The minimum atomic E-state index is 0.337. The molecule has 1 atom stereocenters. The van der Waals surface area contributed by atoms with E-state index in [-0.39, 0.29) is 0 Å². The summed E-state index contributed by atoms with van der Waals surface area (Å²) in [5, 5.41) is 3.43.